The van der Waals surface area contributed by atoms with Crippen molar-refractivity contribution in [3.8, 4) is 10.4 Å². The molecule has 0 saturated carbocycles. The van der Waals surface area contributed by atoms with Gasteiger partial charge >= 0.3 is 5.97 Å². The lowest BCUT2D eigenvalue weighted by atomic mass is 10.1. The first-order chi connectivity index (χ1) is 15.4. The topological polar surface area (TPSA) is 99.6 Å². The van der Waals surface area contributed by atoms with E-state index in [4.69, 9.17) is 0 Å². The Morgan fingerprint density at radius 3 is 2.59 bits per heavy atom. The molecule has 7 nitrogen and oxygen atoms in total. The van der Waals surface area contributed by atoms with Crippen molar-refractivity contribution in [3.05, 3.63) is 59.2 Å². The maximum atomic E-state index is 13.5. The predicted molar refractivity (Wildman–Crippen MR) is 127 cm³/mol. The van der Waals surface area contributed by atoms with E-state index in [-0.39, 0.29) is 10.5 Å². The molecular weight excluding hydrogens is 446 g/mol. The maximum absolute atomic E-state index is 13.5. The number of sulfonamides is 1. The van der Waals surface area contributed by atoms with Gasteiger partial charge in [-0.3, -0.25) is 9.71 Å². The van der Waals surface area contributed by atoms with Gasteiger partial charge in [-0.1, -0.05) is 19.1 Å². The molecule has 2 N–H and O–H groups in total. The number of piperidine rings is 1. The fraction of sp³-hybridized carbons (Fsp3) is 0.304. The lowest BCUT2D eigenvalue weighted by molar-refractivity contribution is 0.0696. The van der Waals surface area contributed by atoms with Gasteiger partial charge in [0.25, 0.3) is 10.0 Å². The minimum Gasteiger partial charge on any atom is -0.478 e. The summed E-state index contributed by atoms with van der Waals surface area (Å²) in [7, 11) is -4.01. The second-order valence-electron chi connectivity index (χ2n) is 7.73. The molecule has 1 aliphatic heterocycles. The number of carbonyl (C=O) groups is 1. The summed E-state index contributed by atoms with van der Waals surface area (Å²) in [6, 6.07) is 10.0. The smallest absolute Gasteiger partial charge is 0.335 e. The third-order valence-corrected chi connectivity index (χ3v) is 7.91. The number of hydrogen-bond acceptors (Lipinski definition) is 6. The predicted octanol–water partition coefficient (Wildman–Crippen LogP) is 4.86. The summed E-state index contributed by atoms with van der Waals surface area (Å²) in [5.41, 5.74) is 4.44. The van der Waals surface area contributed by atoms with Crippen LogP contribution in [0.15, 0.2) is 53.0 Å². The summed E-state index contributed by atoms with van der Waals surface area (Å²) in [6.45, 7) is 3.57. The van der Waals surface area contributed by atoms with Gasteiger partial charge in [-0.25, -0.2) is 13.2 Å². The Morgan fingerprint density at radius 1 is 1.16 bits per heavy atom. The molecule has 2 heterocycles. The number of hydrogen-bond donors (Lipinski definition) is 2. The molecule has 168 valence electrons. The van der Waals surface area contributed by atoms with Crippen LogP contribution in [0.2, 0.25) is 0 Å². The van der Waals surface area contributed by atoms with Crippen molar-refractivity contribution in [3.63, 3.8) is 0 Å². The number of carboxylic acid groups (broad SMARTS) is 1. The molecule has 1 fully saturated rings. The summed E-state index contributed by atoms with van der Waals surface area (Å²) in [4.78, 5) is 18.7. The highest BCUT2D eigenvalue weighted by atomic mass is 32.2. The number of carboxylic acids is 1. The van der Waals surface area contributed by atoms with E-state index in [2.05, 4.69) is 14.6 Å². The number of aromatic carboxylic acids is 1. The van der Waals surface area contributed by atoms with Gasteiger partial charge in [0.15, 0.2) is 0 Å². The first kappa shape index (κ1) is 22.3. The van der Waals surface area contributed by atoms with Gasteiger partial charge < -0.3 is 10.0 Å². The van der Waals surface area contributed by atoms with Gasteiger partial charge in [0, 0.05) is 19.3 Å². The summed E-state index contributed by atoms with van der Waals surface area (Å²) < 4.78 is 29.7. The molecule has 1 aliphatic rings. The molecule has 9 heteroatoms. The van der Waals surface area contributed by atoms with Gasteiger partial charge in [-0.05, 0) is 61.1 Å². The van der Waals surface area contributed by atoms with Crippen LogP contribution in [0.4, 0.5) is 11.4 Å². The molecule has 4 rings (SSSR count). The van der Waals surface area contributed by atoms with Gasteiger partial charge in [-0.15, -0.1) is 11.3 Å². The van der Waals surface area contributed by atoms with Crippen LogP contribution in [0.1, 0.15) is 42.1 Å². The van der Waals surface area contributed by atoms with E-state index in [1.807, 2.05) is 25.1 Å². The molecule has 32 heavy (non-hydrogen) atoms. The molecule has 1 aromatic heterocycles. The highest BCUT2D eigenvalue weighted by molar-refractivity contribution is 7.92. The molecule has 0 radical (unpaired) electrons. The SMILES string of the molecule is CCc1ccc(C(=O)O)cc1S(=O)(=O)Nc1cc(-c2cncs2)ccc1N1CCCCC1. The summed E-state index contributed by atoms with van der Waals surface area (Å²) in [6.07, 6.45) is 5.51. The lowest BCUT2D eigenvalue weighted by Gasteiger charge is -2.31. The van der Waals surface area contributed by atoms with Crippen LogP contribution in [0.3, 0.4) is 0 Å². The number of benzene rings is 2. The molecule has 1 saturated heterocycles. The van der Waals surface area contributed by atoms with Crippen LogP contribution >= 0.6 is 11.3 Å². The molecule has 0 amide bonds. The zero-order valence-corrected chi connectivity index (χ0v) is 19.4. The highest BCUT2D eigenvalue weighted by Crippen LogP contribution is 2.36. The van der Waals surface area contributed by atoms with E-state index in [1.165, 1.54) is 29.9 Å². The Morgan fingerprint density at radius 2 is 1.94 bits per heavy atom. The van der Waals surface area contributed by atoms with Crippen molar-refractivity contribution in [1.82, 2.24) is 4.98 Å². The lowest BCUT2D eigenvalue weighted by Crippen LogP contribution is -2.30. The molecular formula is C23H25N3O4S2. The minimum atomic E-state index is -4.01. The quantitative estimate of drug-likeness (QED) is 0.510. The highest BCUT2D eigenvalue weighted by Gasteiger charge is 2.24. The molecule has 0 atom stereocenters. The van der Waals surface area contributed by atoms with E-state index in [9.17, 15) is 18.3 Å². The van der Waals surface area contributed by atoms with Crippen molar-refractivity contribution >= 4 is 38.7 Å². The summed E-state index contributed by atoms with van der Waals surface area (Å²) >= 11 is 1.48. The molecule has 3 aromatic rings. The molecule has 0 spiro atoms. The van der Waals surface area contributed by atoms with Crippen LogP contribution in [0, 0.1) is 0 Å². The second-order valence-corrected chi connectivity index (χ2v) is 10.3. The number of aryl methyl sites for hydroxylation is 1. The van der Waals surface area contributed by atoms with Crippen molar-refractivity contribution in [1.29, 1.82) is 0 Å². The summed E-state index contributed by atoms with van der Waals surface area (Å²) in [5.74, 6) is -1.16. The van der Waals surface area contributed by atoms with Gasteiger partial charge in [0.1, 0.15) is 0 Å². The normalized spacial score (nSPS) is 14.3. The largest absolute Gasteiger partial charge is 0.478 e. The van der Waals surface area contributed by atoms with E-state index >= 15 is 0 Å². The third-order valence-electron chi connectivity index (χ3n) is 5.64. The van der Waals surface area contributed by atoms with E-state index < -0.39 is 16.0 Å². The molecule has 0 bridgehead atoms. The van der Waals surface area contributed by atoms with E-state index in [0.717, 1.165) is 42.1 Å². The van der Waals surface area contributed by atoms with Gasteiger partial charge in [-0.2, -0.15) is 0 Å². The molecule has 0 aliphatic carbocycles. The fourth-order valence-electron chi connectivity index (χ4n) is 3.97. The Balaban J connectivity index is 1.78. The minimum absolute atomic E-state index is 0.00677. The monoisotopic (exact) mass is 471 g/mol. The Hall–Kier alpha value is -2.91. The number of rotatable bonds is 7. The molecule has 2 aromatic carbocycles. The Bertz CT molecular complexity index is 1220. The number of nitrogens with zero attached hydrogens (tertiary/aromatic N) is 2. The fourth-order valence-corrected chi connectivity index (χ4v) is 5.99. The van der Waals surface area contributed by atoms with Gasteiger partial charge in [0.05, 0.1) is 32.2 Å². The Labute approximate surface area is 191 Å². The average molecular weight is 472 g/mol. The van der Waals surface area contributed by atoms with Crippen molar-refractivity contribution < 1.29 is 18.3 Å². The first-order valence-corrected chi connectivity index (χ1v) is 12.9. The second kappa shape index (κ2) is 9.30. The zero-order valence-electron chi connectivity index (χ0n) is 17.7. The van der Waals surface area contributed by atoms with Crippen LogP contribution in [0.5, 0.6) is 0 Å². The van der Waals surface area contributed by atoms with Crippen molar-refractivity contribution in [2.24, 2.45) is 0 Å². The van der Waals surface area contributed by atoms with Crippen LogP contribution in [-0.4, -0.2) is 37.6 Å². The zero-order chi connectivity index (χ0) is 22.7. The van der Waals surface area contributed by atoms with E-state index in [1.54, 1.807) is 17.8 Å². The standard InChI is InChI=1S/C23H25N3O4S2/c1-2-16-6-7-18(23(27)28)13-22(16)32(29,30)25-19-12-17(21-14-24-15-31-21)8-9-20(19)26-10-4-3-5-11-26/h6-9,12-15,25H,2-5,10-11H2,1H3,(H,27,28). The Kier molecular flexibility index (Phi) is 6.48. The number of anilines is 2. The third kappa shape index (κ3) is 4.63. The van der Waals surface area contributed by atoms with Crippen molar-refractivity contribution in [2.45, 2.75) is 37.5 Å². The van der Waals surface area contributed by atoms with Crippen LogP contribution in [-0.2, 0) is 16.4 Å². The van der Waals surface area contributed by atoms with Crippen molar-refractivity contribution in [2.75, 3.05) is 22.7 Å². The van der Waals surface area contributed by atoms with Crippen LogP contribution < -0.4 is 9.62 Å². The van der Waals surface area contributed by atoms with Crippen LogP contribution in [0.25, 0.3) is 10.4 Å². The summed E-state index contributed by atoms with van der Waals surface area (Å²) in [5, 5.41) is 9.36. The molecule has 0 unspecified atom stereocenters. The average Bonchev–Trinajstić information content (AvgIpc) is 3.34. The number of thiazole rings is 1. The number of aromatic nitrogens is 1. The number of nitrogens with one attached hydrogen (secondary N) is 1. The van der Waals surface area contributed by atoms with E-state index in [0.29, 0.717) is 17.7 Å². The maximum Gasteiger partial charge on any atom is 0.335 e. The first-order valence-electron chi connectivity index (χ1n) is 10.6. The van der Waals surface area contributed by atoms with Gasteiger partial charge in [0.2, 0.25) is 0 Å².